The zero-order chi connectivity index (χ0) is 11.0. The lowest BCUT2D eigenvalue weighted by Gasteiger charge is -1.93. The van der Waals surface area contributed by atoms with Gasteiger partial charge in [0.15, 0.2) is 0 Å². The van der Waals surface area contributed by atoms with Gasteiger partial charge in [-0.1, -0.05) is 0 Å². The number of fused-ring (bicyclic) bond motifs is 1. The van der Waals surface area contributed by atoms with Crippen LogP contribution in [0.4, 0.5) is 0 Å². The van der Waals surface area contributed by atoms with Crippen molar-refractivity contribution in [1.29, 1.82) is 0 Å². The first-order valence-electron chi connectivity index (χ1n) is 5.12. The second kappa shape index (κ2) is 3.49. The molecule has 82 valence electrons. The molecule has 3 aromatic rings. The predicted octanol–water partition coefficient (Wildman–Crippen LogP) is 0.554. The standard InChI is InChI=1S/C10H12N6/c11-2-1-8-5-12-10-15-9(6-16(8)10)7-3-13-14-4-7/h3-6H,1-2,11H2,(H,12,15)(H,13,14). The van der Waals surface area contributed by atoms with Crippen LogP contribution in [-0.4, -0.2) is 31.1 Å². The summed E-state index contributed by atoms with van der Waals surface area (Å²) in [6, 6.07) is 0. The molecule has 16 heavy (non-hydrogen) atoms. The van der Waals surface area contributed by atoms with Crippen LogP contribution >= 0.6 is 0 Å². The number of nitrogens with zero attached hydrogens (tertiary/aromatic N) is 3. The summed E-state index contributed by atoms with van der Waals surface area (Å²) in [5, 5.41) is 6.70. The van der Waals surface area contributed by atoms with Crippen molar-refractivity contribution in [3.8, 4) is 11.3 Å². The molecular weight excluding hydrogens is 204 g/mol. The molecule has 0 spiro atoms. The van der Waals surface area contributed by atoms with Crippen LogP contribution < -0.4 is 5.73 Å². The predicted molar refractivity (Wildman–Crippen MR) is 59.9 cm³/mol. The second-order valence-corrected chi connectivity index (χ2v) is 3.64. The smallest absolute Gasteiger partial charge is 0.211 e. The molecule has 3 heterocycles. The SMILES string of the molecule is NCCc1cnc2[nH]c(-c3cn[nH]c3)cn12. The van der Waals surface area contributed by atoms with E-state index >= 15 is 0 Å². The van der Waals surface area contributed by atoms with Crippen LogP contribution in [0, 0.1) is 0 Å². The first kappa shape index (κ1) is 9.17. The molecule has 0 atom stereocenters. The Balaban J connectivity index is 2.09. The van der Waals surface area contributed by atoms with Crippen LogP contribution in [0.2, 0.25) is 0 Å². The number of aromatic nitrogens is 5. The summed E-state index contributed by atoms with van der Waals surface area (Å²) in [5.74, 6) is 0.833. The highest BCUT2D eigenvalue weighted by Crippen LogP contribution is 2.18. The summed E-state index contributed by atoms with van der Waals surface area (Å²) in [4.78, 5) is 7.52. The molecule has 0 radical (unpaired) electrons. The largest absolute Gasteiger partial charge is 0.330 e. The van der Waals surface area contributed by atoms with Gasteiger partial charge in [-0.25, -0.2) is 4.98 Å². The second-order valence-electron chi connectivity index (χ2n) is 3.64. The Morgan fingerprint density at radius 2 is 2.31 bits per heavy atom. The van der Waals surface area contributed by atoms with E-state index in [1.54, 1.807) is 6.20 Å². The molecule has 0 saturated heterocycles. The van der Waals surface area contributed by atoms with E-state index in [0.717, 1.165) is 29.1 Å². The third-order valence-electron chi connectivity index (χ3n) is 2.59. The third kappa shape index (κ3) is 1.31. The molecular formula is C10H12N6. The van der Waals surface area contributed by atoms with Gasteiger partial charge in [0.05, 0.1) is 18.1 Å². The van der Waals surface area contributed by atoms with Crippen LogP contribution in [0.15, 0.2) is 24.8 Å². The molecule has 0 aromatic carbocycles. The lowest BCUT2D eigenvalue weighted by atomic mass is 10.3. The van der Waals surface area contributed by atoms with E-state index in [-0.39, 0.29) is 0 Å². The Hall–Kier alpha value is -2.08. The number of rotatable bonds is 3. The van der Waals surface area contributed by atoms with E-state index in [0.29, 0.717) is 6.54 Å². The maximum Gasteiger partial charge on any atom is 0.211 e. The molecule has 4 N–H and O–H groups in total. The third-order valence-corrected chi connectivity index (χ3v) is 2.59. The summed E-state index contributed by atoms with van der Waals surface area (Å²) in [6.45, 7) is 0.625. The minimum Gasteiger partial charge on any atom is -0.330 e. The minimum atomic E-state index is 0.625. The van der Waals surface area contributed by atoms with Gasteiger partial charge in [0.2, 0.25) is 5.78 Å². The van der Waals surface area contributed by atoms with Crippen LogP contribution in [-0.2, 0) is 6.42 Å². The highest BCUT2D eigenvalue weighted by molar-refractivity contribution is 5.59. The zero-order valence-electron chi connectivity index (χ0n) is 8.64. The summed E-state index contributed by atoms with van der Waals surface area (Å²) >= 11 is 0. The molecule has 0 unspecified atom stereocenters. The Labute approximate surface area is 91.5 Å². The van der Waals surface area contributed by atoms with Crippen molar-refractivity contribution in [1.82, 2.24) is 24.6 Å². The minimum absolute atomic E-state index is 0.625. The molecule has 0 aliphatic heterocycles. The van der Waals surface area contributed by atoms with E-state index in [1.165, 1.54) is 0 Å². The molecule has 0 aliphatic rings. The Morgan fingerprint density at radius 1 is 1.38 bits per heavy atom. The molecule has 0 aliphatic carbocycles. The molecule has 0 saturated carbocycles. The van der Waals surface area contributed by atoms with E-state index in [2.05, 4.69) is 20.2 Å². The van der Waals surface area contributed by atoms with Gasteiger partial charge in [0.1, 0.15) is 0 Å². The summed E-state index contributed by atoms with van der Waals surface area (Å²) in [6.07, 6.45) is 8.29. The van der Waals surface area contributed by atoms with Crippen molar-refractivity contribution in [2.75, 3.05) is 6.54 Å². The van der Waals surface area contributed by atoms with Crippen LogP contribution in [0.25, 0.3) is 17.0 Å². The highest BCUT2D eigenvalue weighted by atomic mass is 15.1. The normalized spacial score (nSPS) is 11.3. The highest BCUT2D eigenvalue weighted by Gasteiger charge is 2.08. The fourth-order valence-corrected chi connectivity index (χ4v) is 1.79. The fraction of sp³-hybridized carbons (Fsp3) is 0.200. The average molecular weight is 216 g/mol. The molecule has 0 fully saturated rings. The first-order chi connectivity index (χ1) is 7.88. The van der Waals surface area contributed by atoms with E-state index in [4.69, 9.17) is 5.73 Å². The van der Waals surface area contributed by atoms with Gasteiger partial charge in [-0.2, -0.15) is 5.10 Å². The number of imidazole rings is 2. The van der Waals surface area contributed by atoms with E-state index < -0.39 is 0 Å². The van der Waals surface area contributed by atoms with Crippen LogP contribution in [0.3, 0.4) is 0 Å². The maximum atomic E-state index is 5.55. The maximum absolute atomic E-state index is 5.55. The first-order valence-corrected chi connectivity index (χ1v) is 5.12. The van der Waals surface area contributed by atoms with Crippen LogP contribution in [0.1, 0.15) is 5.69 Å². The van der Waals surface area contributed by atoms with Gasteiger partial charge in [-0.05, 0) is 6.54 Å². The van der Waals surface area contributed by atoms with Crippen molar-refractivity contribution in [2.24, 2.45) is 5.73 Å². The van der Waals surface area contributed by atoms with Gasteiger partial charge in [0, 0.05) is 30.1 Å². The number of aromatic amines is 2. The van der Waals surface area contributed by atoms with Gasteiger partial charge in [0.25, 0.3) is 0 Å². The van der Waals surface area contributed by atoms with E-state index in [1.807, 2.05) is 23.0 Å². The van der Waals surface area contributed by atoms with Crippen molar-refractivity contribution in [3.63, 3.8) is 0 Å². The lowest BCUT2D eigenvalue weighted by Crippen LogP contribution is -2.04. The van der Waals surface area contributed by atoms with E-state index in [9.17, 15) is 0 Å². The number of H-pyrrole nitrogens is 2. The fourth-order valence-electron chi connectivity index (χ4n) is 1.79. The molecule has 0 amide bonds. The Kier molecular flexibility index (Phi) is 2.00. The topological polar surface area (TPSA) is 87.8 Å². The van der Waals surface area contributed by atoms with Crippen molar-refractivity contribution in [2.45, 2.75) is 6.42 Å². The summed E-state index contributed by atoms with van der Waals surface area (Å²) in [5.41, 5.74) is 8.67. The zero-order valence-corrected chi connectivity index (χ0v) is 8.64. The summed E-state index contributed by atoms with van der Waals surface area (Å²) < 4.78 is 2.02. The Morgan fingerprint density at radius 3 is 3.06 bits per heavy atom. The molecule has 6 nitrogen and oxygen atoms in total. The van der Waals surface area contributed by atoms with Gasteiger partial charge >= 0.3 is 0 Å². The number of nitrogens with one attached hydrogen (secondary N) is 2. The quantitative estimate of drug-likeness (QED) is 0.597. The number of hydrogen-bond acceptors (Lipinski definition) is 3. The molecule has 3 rings (SSSR count). The molecule has 6 heteroatoms. The van der Waals surface area contributed by atoms with Crippen molar-refractivity contribution < 1.29 is 0 Å². The van der Waals surface area contributed by atoms with Gasteiger partial charge < -0.3 is 10.7 Å². The molecule has 3 aromatic heterocycles. The summed E-state index contributed by atoms with van der Waals surface area (Å²) in [7, 11) is 0. The molecule has 0 bridgehead atoms. The average Bonchev–Trinajstić information content (AvgIpc) is 2.93. The monoisotopic (exact) mass is 216 g/mol. The number of nitrogens with two attached hydrogens (primary N) is 1. The van der Waals surface area contributed by atoms with Gasteiger partial charge in [-0.15, -0.1) is 0 Å². The number of hydrogen-bond donors (Lipinski definition) is 3. The van der Waals surface area contributed by atoms with Crippen molar-refractivity contribution >= 4 is 5.78 Å². The lowest BCUT2D eigenvalue weighted by molar-refractivity contribution is 0.908. The Bertz CT molecular complexity index is 588. The van der Waals surface area contributed by atoms with Crippen LogP contribution in [0.5, 0.6) is 0 Å². The van der Waals surface area contributed by atoms with Crippen molar-refractivity contribution in [3.05, 3.63) is 30.5 Å². The van der Waals surface area contributed by atoms with Gasteiger partial charge in [-0.3, -0.25) is 9.50 Å².